The smallest absolute Gasteiger partial charge is 0.446 e. The molecule has 1 aliphatic carbocycles. The second-order valence-electron chi connectivity index (χ2n) is 2.69. The van der Waals surface area contributed by atoms with Crippen LogP contribution in [0.1, 0.15) is 6.42 Å². The number of rotatable bonds is 2. The van der Waals surface area contributed by atoms with Gasteiger partial charge in [-0.05, 0) is 18.2 Å². The molecule has 0 aromatic heterocycles. The van der Waals surface area contributed by atoms with Crippen LogP contribution in [0.2, 0.25) is 0 Å². The third-order valence-electron chi connectivity index (χ3n) is 1.62. The summed E-state index contributed by atoms with van der Waals surface area (Å²) in [4.78, 5) is 10.5. The molecule has 1 unspecified atom stereocenters. The lowest BCUT2D eigenvalue weighted by molar-refractivity contribution is -0.139. The summed E-state index contributed by atoms with van der Waals surface area (Å²) in [5.41, 5.74) is -4.31. The van der Waals surface area contributed by atoms with E-state index in [0.717, 1.165) is 0 Å². The summed E-state index contributed by atoms with van der Waals surface area (Å²) in [7, 11) is 0. The Morgan fingerprint density at radius 1 is 1.57 bits per heavy atom. The lowest BCUT2D eigenvalue weighted by Gasteiger charge is -2.12. The summed E-state index contributed by atoms with van der Waals surface area (Å²) in [5.74, 6) is -1.72. The van der Waals surface area contributed by atoms with Gasteiger partial charge in [-0.2, -0.15) is 13.2 Å². The highest BCUT2D eigenvalue weighted by Gasteiger charge is 2.30. The maximum absolute atomic E-state index is 11.9. The van der Waals surface area contributed by atoms with E-state index in [0.29, 0.717) is 0 Å². The lowest BCUT2D eigenvalue weighted by atomic mass is 10.0. The molecular weight excluding hydrogens is 217 g/mol. The minimum atomic E-state index is -4.31. The molecule has 0 saturated heterocycles. The maximum Gasteiger partial charge on any atom is 0.446 e. The quantitative estimate of drug-likeness (QED) is 0.783. The van der Waals surface area contributed by atoms with E-state index in [4.69, 9.17) is 5.11 Å². The fourth-order valence-corrected chi connectivity index (χ4v) is 1.59. The number of carboxylic acid groups (broad SMARTS) is 1. The average molecular weight is 224 g/mol. The molecule has 2 nitrogen and oxygen atoms in total. The Labute approximate surface area is 82.5 Å². The van der Waals surface area contributed by atoms with Gasteiger partial charge in [0.2, 0.25) is 0 Å². The number of hydrogen-bond acceptors (Lipinski definition) is 2. The van der Waals surface area contributed by atoms with Crippen molar-refractivity contribution >= 4 is 17.7 Å². The lowest BCUT2D eigenvalue weighted by Crippen LogP contribution is -2.12. The van der Waals surface area contributed by atoms with Crippen LogP contribution >= 0.6 is 11.8 Å². The minimum Gasteiger partial charge on any atom is -0.481 e. The van der Waals surface area contributed by atoms with E-state index in [-0.39, 0.29) is 23.1 Å². The molecule has 1 aliphatic rings. The van der Waals surface area contributed by atoms with Gasteiger partial charge in [0.05, 0.1) is 5.92 Å². The van der Waals surface area contributed by atoms with E-state index in [9.17, 15) is 18.0 Å². The first-order chi connectivity index (χ1) is 6.38. The molecule has 1 N–H and O–H groups in total. The number of aliphatic carboxylic acids is 1. The summed E-state index contributed by atoms with van der Waals surface area (Å²) in [6, 6.07) is 0. The Morgan fingerprint density at radius 3 is 2.57 bits per heavy atom. The predicted octanol–water partition coefficient (Wildman–Crippen LogP) is 2.78. The van der Waals surface area contributed by atoms with E-state index >= 15 is 0 Å². The standard InChI is InChI=1S/C8H7F3O2S/c9-8(10,11)14-6-3-1-5(2-4-6)7(12)13/h1,3-5H,2H2,(H,12,13). The number of carboxylic acids is 1. The molecule has 0 aliphatic heterocycles. The fraction of sp³-hybridized carbons (Fsp3) is 0.375. The third kappa shape index (κ3) is 3.45. The molecule has 0 aromatic carbocycles. The Bertz CT molecular complexity index is 293. The molecule has 0 bridgehead atoms. The Balaban J connectivity index is 2.55. The largest absolute Gasteiger partial charge is 0.481 e. The number of halogens is 3. The van der Waals surface area contributed by atoms with Crippen molar-refractivity contribution in [2.45, 2.75) is 11.9 Å². The SMILES string of the molecule is O=C(O)C1C=CC(SC(F)(F)F)=CC1. The van der Waals surface area contributed by atoms with Gasteiger partial charge in [0, 0.05) is 4.91 Å². The molecular formula is C8H7F3O2S. The van der Waals surface area contributed by atoms with Gasteiger partial charge in [-0.3, -0.25) is 4.79 Å². The number of thioether (sulfide) groups is 1. The second-order valence-corrected chi connectivity index (χ2v) is 3.83. The van der Waals surface area contributed by atoms with Crippen LogP contribution in [0, 0.1) is 5.92 Å². The van der Waals surface area contributed by atoms with Crippen LogP contribution in [-0.4, -0.2) is 16.6 Å². The van der Waals surface area contributed by atoms with Crippen molar-refractivity contribution in [1.29, 1.82) is 0 Å². The van der Waals surface area contributed by atoms with Crippen LogP contribution in [-0.2, 0) is 4.79 Å². The van der Waals surface area contributed by atoms with Crippen LogP contribution in [0.25, 0.3) is 0 Å². The van der Waals surface area contributed by atoms with Gasteiger partial charge in [-0.15, -0.1) is 0 Å². The molecule has 0 spiro atoms. The van der Waals surface area contributed by atoms with Crippen LogP contribution in [0.15, 0.2) is 23.1 Å². The van der Waals surface area contributed by atoms with Gasteiger partial charge in [0.25, 0.3) is 0 Å². The van der Waals surface area contributed by atoms with Crippen molar-refractivity contribution in [2.24, 2.45) is 5.92 Å². The van der Waals surface area contributed by atoms with E-state index in [2.05, 4.69) is 0 Å². The van der Waals surface area contributed by atoms with Gasteiger partial charge >= 0.3 is 11.5 Å². The van der Waals surface area contributed by atoms with Crippen molar-refractivity contribution in [1.82, 2.24) is 0 Å². The third-order valence-corrected chi connectivity index (χ3v) is 2.39. The predicted molar refractivity (Wildman–Crippen MR) is 46.6 cm³/mol. The number of alkyl halides is 3. The van der Waals surface area contributed by atoms with Gasteiger partial charge in [0.15, 0.2) is 0 Å². The zero-order valence-electron chi connectivity index (χ0n) is 6.91. The summed E-state index contributed by atoms with van der Waals surface area (Å²) in [5, 5.41) is 8.55. The number of allylic oxidation sites excluding steroid dienone is 2. The zero-order chi connectivity index (χ0) is 10.8. The molecule has 0 amide bonds. The van der Waals surface area contributed by atoms with Gasteiger partial charge in [-0.1, -0.05) is 18.2 Å². The molecule has 6 heteroatoms. The van der Waals surface area contributed by atoms with Crippen molar-refractivity contribution in [3.8, 4) is 0 Å². The molecule has 1 rings (SSSR count). The number of hydrogen-bond donors (Lipinski definition) is 1. The van der Waals surface area contributed by atoms with E-state index in [1.54, 1.807) is 0 Å². The summed E-state index contributed by atoms with van der Waals surface area (Å²) in [6.45, 7) is 0. The first-order valence-corrected chi connectivity index (χ1v) is 4.57. The first kappa shape index (κ1) is 11.2. The molecule has 1 atom stereocenters. The van der Waals surface area contributed by atoms with Gasteiger partial charge in [0.1, 0.15) is 0 Å². The number of carbonyl (C=O) groups is 1. The normalized spacial score (nSPS) is 21.9. The van der Waals surface area contributed by atoms with Gasteiger partial charge in [-0.25, -0.2) is 0 Å². The first-order valence-electron chi connectivity index (χ1n) is 3.75. The molecule has 14 heavy (non-hydrogen) atoms. The summed E-state index contributed by atoms with van der Waals surface area (Å²) >= 11 is -0.227. The van der Waals surface area contributed by atoms with Gasteiger partial charge < -0.3 is 5.11 Å². The Kier molecular flexibility index (Phi) is 3.25. The van der Waals surface area contributed by atoms with E-state index in [1.807, 2.05) is 0 Å². The summed E-state index contributed by atoms with van der Waals surface area (Å²) in [6.07, 6.45) is 3.87. The highest BCUT2D eigenvalue weighted by Crippen LogP contribution is 2.38. The average Bonchev–Trinajstić information content (AvgIpc) is 2.02. The van der Waals surface area contributed by atoms with Crippen LogP contribution in [0.3, 0.4) is 0 Å². The van der Waals surface area contributed by atoms with Crippen molar-refractivity contribution < 1.29 is 23.1 Å². The van der Waals surface area contributed by atoms with Crippen molar-refractivity contribution in [3.63, 3.8) is 0 Å². The minimum absolute atomic E-state index is 0.0509. The highest BCUT2D eigenvalue weighted by molar-refractivity contribution is 8.04. The fourth-order valence-electron chi connectivity index (χ4n) is 0.993. The maximum atomic E-state index is 11.9. The molecule has 0 saturated carbocycles. The zero-order valence-corrected chi connectivity index (χ0v) is 7.73. The highest BCUT2D eigenvalue weighted by atomic mass is 32.2. The second kappa shape index (κ2) is 4.08. The summed E-state index contributed by atoms with van der Waals surface area (Å²) < 4.78 is 35.6. The Hall–Kier alpha value is -0.910. The van der Waals surface area contributed by atoms with E-state index < -0.39 is 17.4 Å². The topological polar surface area (TPSA) is 37.3 Å². The molecule has 78 valence electrons. The monoisotopic (exact) mass is 224 g/mol. The van der Waals surface area contributed by atoms with Crippen molar-refractivity contribution in [3.05, 3.63) is 23.1 Å². The molecule has 0 aromatic rings. The molecule has 0 heterocycles. The van der Waals surface area contributed by atoms with E-state index in [1.165, 1.54) is 18.2 Å². The van der Waals surface area contributed by atoms with Crippen LogP contribution in [0.4, 0.5) is 13.2 Å². The van der Waals surface area contributed by atoms with Crippen molar-refractivity contribution in [2.75, 3.05) is 0 Å². The molecule has 0 fully saturated rings. The van der Waals surface area contributed by atoms with Crippen LogP contribution in [0.5, 0.6) is 0 Å². The van der Waals surface area contributed by atoms with Crippen LogP contribution < -0.4 is 0 Å². The molecule has 0 radical (unpaired) electrons. The Morgan fingerprint density at radius 2 is 2.21 bits per heavy atom.